The van der Waals surface area contributed by atoms with Crippen molar-refractivity contribution in [3.8, 4) is 0 Å². The topological polar surface area (TPSA) is 12.0 Å². The van der Waals surface area contributed by atoms with Crippen molar-refractivity contribution >= 4 is 0 Å². The highest BCUT2D eigenvalue weighted by atomic mass is 14.9. The van der Waals surface area contributed by atoms with Crippen molar-refractivity contribution in [3.05, 3.63) is 35.9 Å². The molecule has 0 spiro atoms. The van der Waals surface area contributed by atoms with Gasteiger partial charge in [0.25, 0.3) is 0 Å². The van der Waals surface area contributed by atoms with E-state index in [1.165, 1.54) is 31.2 Å². The van der Waals surface area contributed by atoms with Gasteiger partial charge >= 0.3 is 0 Å². The fraction of sp³-hybridized carbons (Fsp3) is 0.625. The quantitative estimate of drug-likeness (QED) is 0.785. The van der Waals surface area contributed by atoms with Gasteiger partial charge in [-0.1, -0.05) is 43.7 Å². The van der Waals surface area contributed by atoms with Gasteiger partial charge in [0.05, 0.1) is 0 Å². The van der Waals surface area contributed by atoms with Gasteiger partial charge in [0.15, 0.2) is 0 Å². The molecule has 94 valence electrons. The standard InChI is InChI=1S/C16H25N/c1-3-16(12-14-8-5-4-6-9-14)17-13(2)15-10-7-11-15/h4-6,8-9,13,15-17H,3,7,10-12H2,1-2H3. The zero-order chi connectivity index (χ0) is 12.1. The zero-order valence-corrected chi connectivity index (χ0v) is 11.2. The van der Waals surface area contributed by atoms with Crippen LogP contribution in [0.15, 0.2) is 30.3 Å². The number of hydrogen-bond donors (Lipinski definition) is 1. The second kappa shape index (κ2) is 6.20. The van der Waals surface area contributed by atoms with Crippen LogP contribution in [0.2, 0.25) is 0 Å². The molecular formula is C16H25N. The van der Waals surface area contributed by atoms with Crippen LogP contribution in [0.4, 0.5) is 0 Å². The van der Waals surface area contributed by atoms with Crippen LogP contribution < -0.4 is 5.32 Å². The van der Waals surface area contributed by atoms with Crippen LogP contribution in [-0.2, 0) is 6.42 Å². The van der Waals surface area contributed by atoms with Crippen LogP contribution in [-0.4, -0.2) is 12.1 Å². The van der Waals surface area contributed by atoms with Crippen molar-refractivity contribution in [2.24, 2.45) is 5.92 Å². The molecule has 17 heavy (non-hydrogen) atoms. The van der Waals surface area contributed by atoms with E-state index in [-0.39, 0.29) is 0 Å². The van der Waals surface area contributed by atoms with Crippen LogP contribution in [0.5, 0.6) is 0 Å². The van der Waals surface area contributed by atoms with Gasteiger partial charge in [-0.05, 0) is 44.1 Å². The highest BCUT2D eigenvalue weighted by molar-refractivity contribution is 5.15. The molecule has 0 bridgehead atoms. The van der Waals surface area contributed by atoms with Crippen molar-refractivity contribution in [2.75, 3.05) is 0 Å². The molecule has 0 aromatic heterocycles. The molecule has 0 heterocycles. The van der Waals surface area contributed by atoms with E-state index >= 15 is 0 Å². The van der Waals surface area contributed by atoms with E-state index in [9.17, 15) is 0 Å². The Bertz CT molecular complexity index is 316. The van der Waals surface area contributed by atoms with E-state index in [1.807, 2.05) is 0 Å². The maximum Gasteiger partial charge on any atom is 0.0107 e. The molecule has 1 saturated carbocycles. The minimum atomic E-state index is 0.632. The Labute approximate surface area is 106 Å². The first-order valence-electron chi connectivity index (χ1n) is 7.09. The number of benzene rings is 1. The third-order valence-electron chi connectivity index (χ3n) is 4.17. The Hall–Kier alpha value is -0.820. The second-order valence-corrected chi connectivity index (χ2v) is 5.44. The molecule has 2 unspecified atom stereocenters. The Morgan fingerprint density at radius 2 is 1.94 bits per heavy atom. The molecule has 1 fully saturated rings. The number of hydrogen-bond acceptors (Lipinski definition) is 1. The minimum absolute atomic E-state index is 0.632. The third-order valence-corrected chi connectivity index (χ3v) is 4.17. The predicted molar refractivity (Wildman–Crippen MR) is 74.2 cm³/mol. The predicted octanol–water partition coefficient (Wildman–Crippen LogP) is 3.79. The van der Waals surface area contributed by atoms with Crippen LogP contribution in [0.3, 0.4) is 0 Å². The van der Waals surface area contributed by atoms with E-state index in [0.29, 0.717) is 12.1 Å². The molecule has 2 rings (SSSR count). The van der Waals surface area contributed by atoms with Gasteiger partial charge in [0.1, 0.15) is 0 Å². The van der Waals surface area contributed by atoms with E-state index < -0.39 is 0 Å². The van der Waals surface area contributed by atoms with E-state index in [1.54, 1.807) is 0 Å². The van der Waals surface area contributed by atoms with E-state index in [4.69, 9.17) is 0 Å². The number of nitrogens with one attached hydrogen (secondary N) is 1. The lowest BCUT2D eigenvalue weighted by molar-refractivity contribution is 0.224. The molecule has 1 heteroatoms. The summed E-state index contributed by atoms with van der Waals surface area (Å²) >= 11 is 0. The first-order chi connectivity index (χ1) is 8.29. The van der Waals surface area contributed by atoms with Gasteiger partial charge < -0.3 is 5.32 Å². The fourth-order valence-corrected chi connectivity index (χ4v) is 2.67. The summed E-state index contributed by atoms with van der Waals surface area (Å²) in [5.41, 5.74) is 1.45. The molecule has 1 aliphatic carbocycles. The molecule has 2 atom stereocenters. The monoisotopic (exact) mass is 231 g/mol. The van der Waals surface area contributed by atoms with Crippen molar-refractivity contribution in [1.82, 2.24) is 5.32 Å². The lowest BCUT2D eigenvalue weighted by Gasteiger charge is -2.34. The van der Waals surface area contributed by atoms with E-state index in [0.717, 1.165) is 12.3 Å². The molecule has 1 N–H and O–H groups in total. The zero-order valence-electron chi connectivity index (χ0n) is 11.2. The first-order valence-corrected chi connectivity index (χ1v) is 7.09. The lowest BCUT2D eigenvalue weighted by atomic mass is 9.80. The van der Waals surface area contributed by atoms with Gasteiger partial charge in [0, 0.05) is 12.1 Å². The molecule has 0 saturated heterocycles. The number of rotatable bonds is 6. The largest absolute Gasteiger partial charge is 0.311 e. The Balaban J connectivity index is 1.83. The summed E-state index contributed by atoms with van der Waals surface area (Å²) in [4.78, 5) is 0. The molecular weight excluding hydrogens is 206 g/mol. The van der Waals surface area contributed by atoms with Gasteiger partial charge in [0.2, 0.25) is 0 Å². The van der Waals surface area contributed by atoms with Crippen LogP contribution in [0.25, 0.3) is 0 Å². The SMILES string of the molecule is CCC(Cc1ccccc1)NC(C)C1CCC1. The van der Waals surface area contributed by atoms with Crippen LogP contribution in [0, 0.1) is 5.92 Å². The molecule has 0 aliphatic heterocycles. The summed E-state index contributed by atoms with van der Waals surface area (Å²) in [6.07, 6.45) is 6.67. The van der Waals surface area contributed by atoms with Crippen molar-refractivity contribution < 1.29 is 0 Å². The minimum Gasteiger partial charge on any atom is -0.311 e. The Morgan fingerprint density at radius 3 is 2.47 bits per heavy atom. The highest BCUT2D eigenvalue weighted by Crippen LogP contribution is 2.29. The van der Waals surface area contributed by atoms with Crippen molar-refractivity contribution in [1.29, 1.82) is 0 Å². The van der Waals surface area contributed by atoms with Gasteiger partial charge in [-0.25, -0.2) is 0 Å². The van der Waals surface area contributed by atoms with E-state index in [2.05, 4.69) is 49.5 Å². The van der Waals surface area contributed by atoms with Gasteiger partial charge in [-0.3, -0.25) is 0 Å². The smallest absolute Gasteiger partial charge is 0.0107 e. The second-order valence-electron chi connectivity index (χ2n) is 5.44. The van der Waals surface area contributed by atoms with Gasteiger partial charge in [-0.15, -0.1) is 0 Å². The summed E-state index contributed by atoms with van der Waals surface area (Å²) < 4.78 is 0. The van der Waals surface area contributed by atoms with Crippen molar-refractivity contribution in [3.63, 3.8) is 0 Å². The van der Waals surface area contributed by atoms with Crippen LogP contribution in [0.1, 0.15) is 45.1 Å². The third kappa shape index (κ3) is 3.57. The molecule has 1 aromatic rings. The van der Waals surface area contributed by atoms with Gasteiger partial charge in [-0.2, -0.15) is 0 Å². The average Bonchev–Trinajstić information content (AvgIpc) is 2.27. The summed E-state index contributed by atoms with van der Waals surface area (Å²) in [6, 6.07) is 12.2. The molecule has 0 amide bonds. The molecule has 1 nitrogen and oxygen atoms in total. The maximum absolute atomic E-state index is 3.82. The molecule has 1 aromatic carbocycles. The van der Waals surface area contributed by atoms with Crippen LogP contribution >= 0.6 is 0 Å². The normalized spacial score (nSPS) is 19.6. The Kier molecular flexibility index (Phi) is 4.61. The first kappa shape index (κ1) is 12.6. The summed E-state index contributed by atoms with van der Waals surface area (Å²) in [6.45, 7) is 4.64. The maximum atomic E-state index is 3.82. The molecule has 1 aliphatic rings. The highest BCUT2D eigenvalue weighted by Gasteiger charge is 2.25. The summed E-state index contributed by atoms with van der Waals surface area (Å²) in [5.74, 6) is 0.930. The average molecular weight is 231 g/mol. The Morgan fingerprint density at radius 1 is 1.24 bits per heavy atom. The summed E-state index contributed by atoms with van der Waals surface area (Å²) in [7, 11) is 0. The molecule has 0 radical (unpaired) electrons. The fourth-order valence-electron chi connectivity index (χ4n) is 2.67. The summed E-state index contributed by atoms with van der Waals surface area (Å²) in [5, 5.41) is 3.82. The lowest BCUT2D eigenvalue weighted by Crippen LogP contribution is -2.43. The van der Waals surface area contributed by atoms with Crippen molar-refractivity contribution in [2.45, 2.75) is 58.0 Å².